The first-order valence-electron chi connectivity index (χ1n) is 10.8. The summed E-state index contributed by atoms with van der Waals surface area (Å²) in [4.78, 5) is 42.9. The van der Waals surface area contributed by atoms with Crippen molar-refractivity contribution in [1.29, 1.82) is 0 Å². The minimum atomic E-state index is -1.03. The second kappa shape index (κ2) is 10.2. The van der Waals surface area contributed by atoms with Crippen LogP contribution in [0.4, 0.5) is 16.3 Å². The molecule has 10 nitrogen and oxygen atoms in total. The number of nitrogens with zero attached hydrogens (tertiary/aromatic N) is 4. The topological polar surface area (TPSA) is 139 Å². The molecular weight excluding hydrogens is 453 g/mol. The van der Waals surface area contributed by atoms with Crippen LogP contribution in [-0.2, 0) is 22.6 Å². The highest BCUT2D eigenvalue weighted by molar-refractivity contribution is 5.97. The van der Waals surface area contributed by atoms with Gasteiger partial charge in [0.15, 0.2) is 12.4 Å². The normalized spacial score (nSPS) is 11.7. The number of fused-ring (bicyclic) bond motifs is 1. The summed E-state index contributed by atoms with van der Waals surface area (Å²) in [5.74, 6) is -1.20. The maximum atomic E-state index is 13.3. The van der Waals surface area contributed by atoms with Gasteiger partial charge < -0.3 is 25.7 Å². The Bertz CT molecular complexity index is 1360. The molecule has 0 radical (unpaired) electrons. The summed E-state index contributed by atoms with van der Waals surface area (Å²) >= 11 is 0. The summed E-state index contributed by atoms with van der Waals surface area (Å²) in [5, 5.41) is 3.62. The average Bonchev–Trinajstić information content (AvgIpc) is 3.25. The molecule has 0 saturated carbocycles. The molecule has 2 aromatic carbocycles. The maximum absolute atomic E-state index is 13.3. The summed E-state index contributed by atoms with van der Waals surface area (Å²) in [7, 11) is 3.49. The van der Waals surface area contributed by atoms with Crippen LogP contribution >= 0.6 is 0 Å². The summed E-state index contributed by atoms with van der Waals surface area (Å²) in [6.45, 7) is -0.261. The molecule has 0 aliphatic rings. The number of nitrogens with one attached hydrogen (secondary N) is 2. The lowest BCUT2D eigenvalue weighted by molar-refractivity contribution is -0.147. The smallest absolute Gasteiger partial charge is 0.329 e. The van der Waals surface area contributed by atoms with Crippen molar-refractivity contribution in [2.45, 2.75) is 19.1 Å². The molecule has 4 rings (SSSR count). The third-order valence-corrected chi connectivity index (χ3v) is 5.23. The van der Waals surface area contributed by atoms with Gasteiger partial charge in [-0.25, -0.2) is 9.18 Å². The van der Waals surface area contributed by atoms with E-state index in [0.29, 0.717) is 5.95 Å². The average molecular weight is 478 g/mol. The van der Waals surface area contributed by atoms with Crippen molar-refractivity contribution in [3.8, 4) is 0 Å². The van der Waals surface area contributed by atoms with Gasteiger partial charge in [-0.1, -0.05) is 18.2 Å². The third kappa shape index (κ3) is 5.69. The Balaban J connectivity index is 1.54. The fourth-order valence-corrected chi connectivity index (χ4v) is 3.48. The molecule has 0 aliphatic carbocycles. The zero-order valence-electron chi connectivity index (χ0n) is 19.2. The van der Waals surface area contributed by atoms with Crippen LogP contribution in [0.5, 0.6) is 0 Å². The number of carbonyl (C=O) groups excluding carboxylic acids is 2. The molecule has 4 N–H and O–H groups in total. The molecule has 0 bridgehead atoms. The van der Waals surface area contributed by atoms with Crippen molar-refractivity contribution in [2.75, 3.05) is 24.7 Å². The second-order valence-electron chi connectivity index (χ2n) is 8.01. The van der Waals surface area contributed by atoms with Crippen molar-refractivity contribution in [3.63, 3.8) is 0 Å². The van der Waals surface area contributed by atoms with Crippen LogP contribution in [0.1, 0.15) is 21.7 Å². The fourth-order valence-electron chi connectivity index (χ4n) is 3.48. The molecule has 0 aliphatic heterocycles. The molecule has 35 heavy (non-hydrogen) atoms. The lowest BCUT2D eigenvalue weighted by atomic mass is 10.0. The third-order valence-electron chi connectivity index (χ3n) is 5.23. The number of amides is 1. The highest BCUT2D eigenvalue weighted by Gasteiger charge is 2.25. The minimum absolute atomic E-state index is 0.00490. The van der Waals surface area contributed by atoms with E-state index in [4.69, 9.17) is 10.5 Å². The monoisotopic (exact) mass is 477 g/mol. The van der Waals surface area contributed by atoms with Gasteiger partial charge in [0.2, 0.25) is 11.9 Å². The molecule has 0 saturated heterocycles. The molecule has 1 amide bonds. The van der Waals surface area contributed by atoms with Crippen molar-refractivity contribution < 1.29 is 18.7 Å². The first kappa shape index (κ1) is 23.6. The summed E-state index contributed by atoms with van der Waals surface area (Å²) in [6, 6.07) is 11.6. The molecule has 1 atom stereocenters. The van der Waals surface area contributed by atoms with Crippen molar-refractivity contribution in [2.24, 2.45) is 0 Å². The van der Waals surface area contributed by atoms with E-state index in [1.807, 2.05) is 24.3 Å². The molecule has 2 heterocycles. The number of halogens is 1. The first-order chi connectivity index (χ1) is 16.8. The molecule has 0 unspecified atom stereocenters. The van der Waals surface area contributed by atoms with Gasteiger partial charge in [0, 0.05) is 43.2 Å². The number of ether oxygens (including phenoxy) is 1. The summed E-state index contributed by atoms with van der Waals surface area (Å²) in [5.41, 5.74) is 7.66. The van der Waals surface area contributed by atoms with E-state index in [1.165, 1.54) is 24.3 Å². The molecule has 0 spiro atoms. The summed E-state index contributed by atoms with van der Waals surface area (Å²) < 4.78 is 18.7. The molecule has 2 aromatic heterocycles. The van der Waals surface area contributed by atoms with E-state index in [-0.39, 0.29) is 30.4 Å². The van der Waals surface area contributed by atoms with E-state index >= 15 is 0 Å². The number of esters is 1. The Morgan fingerprint density at radius 1 is 1.11 bits per heavy atom. The van der Waals surface area contributed by atoms with Crippen LogP contribution < -0.4 is 16.0 Å². The largest absolute Gasteiger partial charge is 0.456 e. The van der Waals surface area contributed by atoms with E-state index in [1.54, 1.807) is 25.2 Å². The Hall–Kier alpha value is -4.54. The molecule has 0 fully saturated rings. The number of rotatable bonds is 8. The van der Waals surface area contributed by atoms with Crippen molar-refractivity contribution in [1.82, 2.24) is 25.3 Å². The van der Waals surface area contributed by atoms with Gasteiger partial charge >= 0.3 is 5.97 Å². The number of aromatic amines is 1. The Labute approximate surface area is 200 Å². The van der Waals surface area contributed by atoms with Crippen LogP contribution in [0.15, 0.2) is 54.7 Å². The van der Waals surface area contributed by atoms with Gasteiger partial charge in [-0.05, 0) is 35.9 Å². The molecule has 180 valence electrons. The van der Waals surface area contributed by atoms with E-state index < -0.39 is 23.7 Å². The first-order valence-corrected chi connectivity index (χ1v) is 10.8. The quantitative estimate of drug-likeness (QED) is 0.328. The van der Waals surface area contributed by atoms with Crippen LogP contribution in [0, 0.1) is 5.82 Å². The Morgan fingerprint density at radius 2 is 1.86 bits per heavy atom. The van der Waals surface area contributed by atoms with E-state index in [9.17, 15) is 14.0 Å². The number of hydrogen-bond donors (Lipinski definition) is 3. The number of para-hydroxylation sites is 1. The predicted molar refractivity (Wildman–Crippen MR) is 128 cm³/mol. The van der Waals surface area contributed by atoms with Crippen molar-refractivity contribution >= 4 is 34.7 Å². The van der Waals surface area contributed by atoms with Gasteiger partial charge in [0.25, 0.3) is 5.91 Å². The zero-order valence-corrected chi connectivity index (χ0v) is 19.2. The molecule has 4 aromatic rings. The van der Waals surface area contributed by atoms with Crippen LogP contribution in [0.3, 0.4) is 0 Å². The number of aromatic nitrogens is 4. The minimum Gasteiger partial charge on any atom is -0.456 e. The lowest BCUT2D eigenvalue weighted by Gasteiger charge is -2.18. The number of hydrogen-bond acceptors (Lipinski definition) is 8. The SMILES string of the molecule is CN(C)c1nc(N)nc(COC(=O)[C@@H](Cc2c[nH]c3ccccc23)NC(=O)c2ccc(F)cc2)n1. The van der Waals surface area contributed by atoms with E-state index in [0.717, 1.165) is 16.5 Å². The highest BCUT2D eigenvalue weighted by atomic mass is 19.1. The van der Waals surface area contributed by atoms with Gasteiger partial charge in [-0.3, -0.25) is 4.79 Å². The van der Waals surface area contributed by atoms with Gasteiger partial charge in [0.05, 0.1) is 0 Å². The standard InChI is InChI=1S/C24H24FN7O3/c1-32(2)24-30-20(29-23(26)31-24)13-35-22(34)19(28-21(33)14-7-9-16(25)10-8-14)11-15-12-27-18-6-4-3-5-17(15)18/h3-10,12,19,27H,11,13H2,1-2H3,(H,28,33)(H2,26,29,30,31)/t19-/m1/s1. The van der Waals surface area contributed by atoms with Gasteiger partial charge in [0.1, 0.15) is 11.9 Å². The zero-order chi connectivity index (χ0) is 24.9. The Morgan fingerprint density at radius 3 is 2.60 bits per heavy atom. The maximum Gasteiger partial charge on any atom is 0.329 e. The lowest BCUT2D eigenvalue weighted by Crippen LogP contribution is -2.43. The second-order valence-corrected chi connectivity index (χ2v) is 8.01. The number of anilines is 2. The van der Waals surface area contributed by atoms with Crippen LogP contribution in [-0.4, -0.2) is 51.9 Å². The van der Waals surface area contributed by atoms with Gasteiger partial charge in [-0.15, -0.1) is 0 Å². The van der Waals surface area contributed by atoms with Crippen molar-refractivity contribution in [3.05, 3.63) is 77.5 Å². The molecule has 11 heteroatoms. The van der Waals surface area contributed by atoms with Gasteiger partial charge in [-0.2, -0.15) is 15.0 Å². The Kier molecular flexibility index (Phi) is 6.86. The number of nitrogens with two attached hydrogens (primary N) is 1. The number of benzene rings is 2. The van der Waals surface area contributed by atoms with Crippen LogP contribution in [0.2, 0.25) is 0 Å². The number of nitrogen functional groups attached to an aromatic ring is 1. The number of carbonyl (C=O) groups is 2. The van der Waals surface area contributed by atoms with Crippen LogP contribution in [0.25, 0.3) is 10.9 Å². The summed E-state index contributed by atoms with van der Waals surface area (Å²) in [6.07, 6.45) is 1.95. The van der Waals surface area contributed by atoms with E-state index in [2.05, 4.69) is 25.3 Å². The predicted octanol–water partition coefficient (Wildman–Crippen LogP) is 2.22. The highest BCUT2D eigenvalue weighted by Crippen LogP contribution is 2.20. The molecular formula is C24H24FN7O3. The fraction of sp³-hybridized carbons (Fsp3) is 0.208. The number of H-pyrrole nitrogens is 1.